The summed E-state index contributed by atoms with van der Waals surface area (Å²) in [5, 5.41) is 0. The van der Waals surface area contributed by atoms with Gasteiger partial charge in [0.15, 0.2) is 0 Å². The first kappa shape index (κ1) is 16.7. The molecule has 1 aromatic rings. The summed E-state index contributed by atoms with van der Waals surface area (Å²) in [4.78, 5) is 0.441. The van der Waals surface area contributed by atoms with Crippen molar-refractivity contribution in [2.75, 3.05) is 13.1 Å². The van der Waals surface area contributed by atoms with Crippen LogP contribution in [-0.2, 0) is 10.0 Å². The van der Waals surface area contributed by atoms with Gasteiger partial charge in [0.05, 0.1) is 4.90 Å². The molecule has 3 unspecified atom stereocenters. The summed E-state index contributed by atoms with van der Waals surface area (Å²) in [6.45, 7) is 5.06. The van der Waals surface area contributed by atoms with Gasteiger partial charge in [0.1, 0.15) is 0 Å². The number of hydrogen-bond acceptors (Lipinski definition) is 3. The maximum Gasteiger partial charge on any atom is 0.243 e. The summed E-state index contributed by atoms with van der Waals surface area (Å²) in [6.07, 6.45) is 2.09. The molecule has 1 aliphatic carbocycles. The van der Waals surface area contributed by atoms with E-state index < -0.39 is 10.0 Å². The first-order valence-corrected chi connectivity index (χ1v) is 8.66. The molecular formula is C15H23ClN2O2S. The fourth-order valence-electron chi connectivity index (χ4n) is 3.69. The Morgan fingerprint density at radius 2 is 1.90 bits per heavy atom. The van der Waals surface area contributed by atoms with E-state index in [0.29, 0.717) is 29.8 Å². The number of hydrogen-bond donors (Lipinski definition) is 1. The van der Waals surface area contributed by atoms with Crippen LogP contribution in [0.1, 0.15) is 24.0 Å². The molecule has 21 heavy (non-hydrogen) atoms. The van der Waals surface area contributed by atoms with Gasteiger partial charge in [-0.25, -0.2) is 8.42 Å². The largest absolute Gasteiger partial charge is 0.327 e. The first-order valence-electron chi connectivity index (χ1n) is 7.22. The predicted octanol–water partition coefficient (Wildman–Crippen LogP) is 2.08. The summed E-state index contributed by atoms with van der Waals surface area (Å²) in [6, 6.07) is 5.69. The van der Waals surface area contributed by atoms with E-state index >= 15 is 0 Å². The zero-order valence-electron chi connectivity index (χ0n) is 12.5. The smallest absolute Gasteiger partial charge is 0.243 e. The Hall–Kier alpha value is -0.620. The Morgan fingerprint density at radius 1 is 1.19 bits per heavy atom. The number of sulfonamides is 1. The van der Waals surface area contributed by atoms with E-state index in [9.17, 15) is 8.42 Å². The molecule has 4 nitrogen and oxygen atoms in total. The highest BCUT2D eigenvalue weighted by Crippen LogP contribution is 2.39. The second kappa shape index (κ2) is 5.88. The molecule has 1 saturated carbocycles. The van der Waals surface area contributed by atoms with Crippen molar-refractivity contribution in [2.45, 2.75) is 37.6 Å². The molecule has 6 heteroatoms. The fraction of sp³-hybridized carbons (Fsp3) is 0.600. The van der Waals surface area contributed by atoms with Crippen molar-refractivity contribution in [3.63, 3.8) is 0 Å². The van der Waals surface area contributed by atoms with Gasteiger partial charge in [0.2, 0.25) is 10.0 Å². The van der Waals surface area contributed by atoms with Crippen molar-refractivity contribution in [3.05, 3.63) is 29.3 Å². The summed E-state index contributed by atoms with van der Waals surface area (Å²) in [5.41, 5.74) is 8.00. The lowest BCUT2D eigenvalue weighted by molar-refractivity contribution is 0.427. The minimum Gasteiger partial charge on any atom is -0.327 e. The highest BCUT2D eigenvalue weighted by Gasteiger charge is 2.45. The second-order valence-corrected chi connectivity index (χ2v) is 8.16. The van der Waals surface area contributed by atoms with Crippen LogP contribution < -0.4 is 5.73 Å². The molecule has 2 N–H and O–H groups in total. The lowest BCUT2D eigenvalue weighted by atomic mass is 9.98. The van der Waals surface area contributed by atoms with Gasteiger partial charge in [-0.2, -0.15) is 4.31 Å². The van der Waals surface area contributed by atoms with Gasteiger partial charge in [-0.05, 0) is 50.2 Å². The van der Waals surface area contributed by atoms with Crippen LogP contribution in [0.25, 0.3) is 0 Å². The Kier molecular flexibility index (Phi) is 4.69. The minimum atomic E-state index is -3.37. The van der Waals surface area contributed by atoms with Gasteiger partial charge in [0.25, 0.3) is 0 Å². The molecule has 1 aromatic carbocycles. The average molecular weight is 331 g/mol. The number of nitrogens with two attached hydrogens (primary N) is 1. The van der Waals surface area contributed by atoms with Crippen LogP contribution in [0.5, 0.6) is 0 Å². The van der Waals surface area contributed by atoms with Gasteiger partial charge < -0.3 is 5.73 Å². The molecule has 3 rings (SSSR count). The molecule has 0 aromatic heterocycles. The summed E-state index contributed by atoms with van der Waals surface area (Å²) in [5.74, 6) is 0.793. The van der Waals surface area contributed by atoms with E-state index in [0.717, 1.165) is 24.0 Å². The summed E-state index contributed by atoms with van der Waals surface area (Å²) >= 11 is 0. The molecule has 0 radical (unpaired) electrons. The number of halogens is 1. The van der Waals surface area contributed by atoms with E-state index in [1.54, 1.807) is 10.4 Å². The number of aryl methyl sites for hydroxylation is 2. The van der Waals surface area contributed by atoms with E-state index in [2.05, 4.69) is 0 Å². The zero-order chi connectivity index (χ0) is 14.5. The van der Waals surface area contributed by atoms with Crippen molar-refractivity contribution in [1.82, 2.24) is 4.31 Å². The van der Waals surface area contributed by atoms with E-state index in [-0.39, 0.29) is 18.4 Å². The number of nitrogens with zero attached hydrogens (tertiary/aromatic N) is 1. The van der Waals surface area contributed by atoms with Crippen LogP contribution in [0.4, 0.5) is 0 Å². The molecule has 1 saturated heterocycles. The van der Waals surface area contributed by atoms with Gasteiger partial charge in [-0.1, -0.05) is 17.7 Å². The molecule has 2 aliphatic rings. The van der Waals surface area contributed by atoms with Crippen LogP contribution in [0.3, 0.4) is 0 Å². The topological polar surface area (TPSA) is 63.4 Å². The minimum absolute atomic E-state index is 0. The third-order valence-electron chi connectivity index (χ3n) is 4.83. The molecular weight excluding hydrogens is 308 g/mol. The van der Waals surface area contributed by atoms with Crippen LogP contribution in [0, 0.1) is 25.7 Å². The Labute approximate surface area is 133 Å². The van der Waals surface area contributed by atoms with Crippen LogP contribution in [0.15, 0.2) is 23.1 Å². The van der Waals surface area contributed by atoms with Crippen molar-refractivity contribution in [1.29, 1.82) is 0 Å². The quantitative estimate of drug-likeness (QED) is 0.903. The summed E-state index contributed by atoms with van der Waals surface area (Å²) < 4.78 is 27.2. The third-order valence-corrected chi connectivity index (χ3v) is 6.82. The van der Waals surface area contributed by atoms with Gasteiger partial charge in [-0.3, -0.25) is 0 Å². The van der Waals surface area contributed by atoms with Crippen LogP contribution >= 0.6 is 12.4 Å². The number of benzene rings is 1. The first-order chi connectivity index (χ1) is 9.39. The maximum absolute atomic E-state index is 12.8. The SMILES string of the molecule is Cc1ccc(S(=O)(=O)N2CC3CCC(N)C3C2)c(C)c1.Cl. The summed E-state index contributed by atoms with van der Waals surface area (Å²) in [7, 11) is -3.37. The van der Waals surface area contributed by atoms with Crippen LogP contribution in [0.2, 0.25) is 0 Å². The van der Waals surface area contributed by atoms with Crippen molar-refractivity contribution in [3.8, 4) is 0 Å². The van der Waals surface area contributed by atoms with Crippen molar-refractivity contribution >= 4 is 22.4 Å². The number of fused-ring (bicyclic) bond motifs is 1. The van der Waals surface area contributed by atoms with Crippen molar-refractivity contribution < 1.29 is 8.42 Å². The second-order valence-electron chi connectivity index (χ2n) is 6.26. The van der Waals surface area contributed by atoms with Crippen LogP contribution in [-0.4, -0.2) is 31.9 Å². The third kappa shape index (κ3) is 2.84. The molecule has 0 bridgehead atoms. The van der Waals surface area contributed by atoms with Gasteiger partial charge in [0, 0.05) is 19.1 Å². The zero-order valence-corrected chi connectivity index (χ0v) is 14.1. The van der Waals surface area contributed by atoms with Crippen molar-refractivity contribution in [2.24, 2.45) is 17.6 Å². The average Bonchev–Trinajstić information content (AvgIpc) is 2.92. The lowest BCUT2D eigenvalue weighted by Crippen LogP contribution is -2.33. The molecule has 2 fully saturated rings. The standard InChI is InChI=1S/C15H22N2O2S.ClH/c1-10-3-6-15(11(2)7-10)20(18,19)17-8-12-4-5-14(16)13(12)9-17;/h3,6-7,12-14H,4-5,8-9,16H2,1-2H3;1H. The van der Waals surface area contributed by atoms with E-state index in [4.69, 9.17) is 5.73 Å². The Bertz CT molecular complexity index is 633. The maximum atomic E-state index is 12.8. The highest BCUT2D eigenvalue weighted by molar-refractivity contribution is 7.89. The molecule has 1 heterocycles. The normalized spacial score (nSPS) is 29.2. The molecule has 1 aliphatic heterocycles. The Balaban J connectivity index is 0.00000161. The molecule has 3 atom stereocenters. The molecule has 0 spiro atoms. The van der Waals surface area contributed by atoms with E-state index in [1.165, 1.54) is 0 Å². The predicted molar refractivity (Wildman–Crippen MR) is 86.1 cm³/mol. The monoisotopic (exact) mass is 330 g/mol. The van der Waals surface area contributed by atoms with Gasteiger partial charge >= 0.3 is 0 Å². The molecule has 0 amide bonds. The van der Waals surface area contributed by atoms with Gasteiger partial charge in [-0.15, -0.1) is 12.4 Å². The lowest BCUT2D eigenvalue weighted by Gasteiger charge is -2.20. The Morgan fingerprint density at radius 3 is 2.52 bits per heavy atom. The van der Waals surface area contributed by atoms with E-state index in [1.807, 2.05) is 26.0 Å². The highest BCUT2D eigenvalue weighted by atomic mass is 35.5. The number of rotatable bonds is 2. The molecule has 118 valence electrons. The fourth-order valence-corrected chi connectivity index (χ4v) is 5.43.